The summed E-state index contributed by atoms with van der Waals surface area (Å²) in [6.45, 7) is 2.02. The van der Waals surface area contributed by atoms with Crippen LogP contribution in [-0.4, -0.2) is 11.0 Å². The standard InChI is InChI=1S/C14H14ClFN2/c1-10(8-11-4-2-5-12(16)9-11)17-14-7-3-6-13(15)18-14/h2-7,9-10H,8H2,1H3,(H,17,18). The van der Waals surface area contributed by atoms with Crippen LogP contribution in [0.15, 0.2) is 42.5 Å². The van der Waals surface area contributed by atoms with Crippen LogP contribution >= 0.6 is 11.6 Å². The predicted octanol–water partition coefficient (Wildman–Crippen LogP) is 3.92. The second kappa shape index (κ2) is 5.83. The average Bonchev–Trinajstić information content (AvgIpc) is 2.28. The first-order valence-electron chi connectivity index (χ1n) is 5.77. The van der Waals surface area contributed by atoms with Crippen molar-refractivity contribution in [3.05, 3.63) is 59.0 Å². The zero-order valence-electron chi connectivity index (χ0n) is 10.0. The molecule has 0 bridgehead atoms. The van der Waals surface area contributed by atoms with Gasteiger partial charge in [-0.1, -0.05) is 29.8 Å². The average molecular weight is 265 g/mol. The lowest BCUT2D eigenvalue weighted by Crippen LogP contribution is -2.18. The van der Waals surface area contributed by atoms with Crippen LogP contribution in [0.1, 0.15) is 12.5 Å². The van der Waals surface area contributed by atoms with E-state index in [4.69, 9.17) is 11.6 Å². The lowest BCUT2D eigenvalue weighted by atomic mass is 10.1. The molecule has 1 aromatic carbocycles. The zero-order valence-corrected chi connectivity index (χ0v) is 10.8. The molecule has 94 valence electrons. The second-order valence-corrected chi connectivity index (χ2v) is 4.61. The van der Waals surface area contributed by atoms with Crippen molar-refractivity contribution in [3.63, 3.8) is 0 Å². The highest BCUT2D eigenvalue weighted by atomic mass is 35.5. The second-order valence-electron chi connectivity index (χ2n) is 4.22. The van der Waals surface area contributed by atoms with Crippen LogP contribution in [0, 0.1) is 5.82 Å². The summed E-state index contributed by atoms with van der Waals surface area (Å²) in [5.41, 5.74) is 0.956. The van der Waals surface area contributed by atoms with E-state index in [0.717, 1.165) is 17.8 Å². The molecular formula is C14H14ClFN2. The number of hydrogen-bond donors (Lipinski definition) is 1. The summed E-state index contributed by atoms with van der Waals surface area (Å²) in [6, 6.07) is 12.2. The minimum absolute atomic E-state index is 0.151. The molecule has 1 unspecified atom stereocenters. The molecular weight excluding hydrogens is 251 g/mol. The van der Waals surface area contributed by atoms with E-state index in [1.165, 1.54) is 6.07 Å². The van der Waals surface area contributed by atoms with Crippen molar-refractivity contribution < 1.29 is 4.39 Å². The van der Waals surface area contributed by atoms with E-state index < -0.39 is 0 Å². The fourth-order valence-corrected chi connectivity index (χ4v) is 1.97. The monoisotopic (exact) mass is 264 g/mol. The number of anilines is 1. The highest BCUT2D eigenvalue weighted by Crippen LogP contribution is 2.12. The molecule has 0 spiro atoms. The quantitative estimate of drug-likeness (QED) is 0.847. The van der Waals surface area contributed by atoms with E-state index in [1.54, 1.807) is 18.2 Å². The number of nitrogens with zero attached hydrogens (tertiary/aromatic N) is 1. The van der Waals surface area contributed by atoms with Gasteiger partial charge < -0.3 is 5.32 Å². The van der Waals surface area contributed by atoms with E-state index in [-0.39, 0.29) is 11.9 Å². The largest absolute Gasteiger partial charge is 0.367 e. The van der Waals surface area contributed by atoms with Gasteiger partial charge in [0.15, 0.2) is 0 Å². The van der Waals surface area contributed by atoms with Gasteiger partial charge in [0, 0.05) is 6.04 Å². The Morgan fingerprint density at radius 3 is 2.78 bits per heavy atom. The van der Waals surface area contributed by atoms with Crippen LogP contribution < -0.4 is 5.32 Å². The van der Waals surface area contributed by atoms with Gasteiger partial charge >= 0.3 is 0 Å². The molecule has 2 aromatic rings. The summed E-state index contributed by atoms with van der Waals surface area (Å²) in [4.78, 5) is 4.15. The van der Waals surface area contributed by atoms with Crippen molar-refractivity contribution in [1.29, 1.82) is 0 Å². The summed E-state index contributed by atoms with van der Waals surface area (Å²) in [7, 11) is 0. The van der Waals surface area contributed by atoms with Gasteiger partial charge in [-0.25, -0.2) is 9.37 Å². The van der Waals surface area contributed by atoms with Gasteiger partial charge in [0.1, 0.15) is 16.8 Å². The minimum atomic E-state index is -0.208. The van der Waals surface area contributed by atoms with Gasteiger partial charge in [0.05, 0.1) is 0 Å². The fourth-order valence-electron chi connectivity index (χ4n) is 1.81. The Morgan fingerprint density at radius 2 is 2.06 bits per heavy atom. The van der Waals surface area contributed by atoms with E-state index in [0.29, 0.717) is 5.15 Å². The topological polar surface area (TPSA) is 24.9 Å². The third-order valence-electron chi connectivity index (χ3n) is 2.54. The van der Waals surface area contributed by atoms with Crippen molar-refractivity contribution in [2.75, 3.05) is 5.32 Å². The number of nitrogens with one attached hydrogen (secondary N) is 1. The minimum Gasteiger partial charge on any atom is -0.367 e. The first-order chi connectivity index (χ1) is 8.63. The van der Waals surface area contributed by atoms with Crippen molar-refractivity contribution >= 4 is 17.4 Å². The summed E-state index contributed by atoms with van der Waals surface area (Å²) in [5.74, 6) is 0.520. The number of pyridine rings is 1. The molecule has 0 fully saturated rings. The molecule has 0 radical (unpaired) electrons. The van der Waals surface area contributed by atoms with Gasteiger partial charge in [-0.05, 0) is 43.2 Å². The fraction of sp³-hybridized carbons (Fsp3) is 0.214. The molecule has 0 aliphatic rings. The molecule has 0 saturated carbocycles. The molecule has 0 aliphatic carbocycles. The first-order valence-corrected chi connectivity index (χ1v) is 6.15. The first kappa shape index (κ1) is 12.8. The molecule has 2 rings (SSSR count). The number of aromatic nitrogens is 1. The highest BCUT2D eigenvalue weighted by Gasteiger charge is 2.05. The van der Waals surface area contributed by atoms with Crippen LogP contribution in [0.4, 0.5) is 10.2 Å². The molecule has 0 saturated heterocycles. The maximum Gasteiger partial charge on any atom is 0.131 e. The third-order valence-corrected chi connectivity index (χ3v) is 2.75. The molecule has 1 atom stereocenters. The Bertz CT molecular complexity index is 483. The normalized spacial score (nSPS) is 12.2. The molecule has 18 heavy (non-hydrogen) atoms. The molecule has 0 aliphatic heterocycles. The zero-order chi connectivity index (χ0) is 13.0. The van der Waals surface area contributed by atoms with Crippen molar-refractivity contribution in [2.24, 2.45) is 0 Å². The van der Waals surface area contributed by atoms with Crippen LogP contribution in [0.5, 0.6) is 0 Å². The third kappa shape index (κ3) is 3.70. The lowest BCUT2D eigenvalue weighted by molar-refractivity contribution is 0.624. The van der Waals surface area contributed by atoms with E-state index in [1.807, 2.05) is 25.1 Å². The molecule has 0 amide bonds. The molecule has 1 aromatic heterocycles. The predicted molar refractivity (Wildman–Crippen MR) is 72.4 cm³/mol. The van der Waals surface area contributed by atoms with E-state index in [2.05, 4.69) is 10.3 Å². The van der Waals surface area contributed by atoms with Crippen molar-refractivity contribution in [1.82, 2.24) is 4.98 Å². The van der Waals surface area contributed by atoms with Crippen LogP contribution in [0.3, 0.4) is 0 Å². The number of halogens is 2. The van der Waals surface area contributed by atoms with Crippen molar-refractivity contribution in [3.8, 4) is 0 Å². The summed E-state index contributed by atoms with van der Waals surface area (Å²) >= 11 is 5.81. The van der Waals surface area contributed by atoms with Gasteiger partial charge in [-0.3, -0.25) is 0 Å². The van der Waals surface area contributed by atoms with Crippen LogP contribution in [0.25, 0.3) is 0 Å². The summed E-state index contributed by atoms with van der Waals surface area (Å²) in [6.07, 6.45) is 0.728. The lowest BCUT2D eigenvalue weighted by Gasteiger charge is -2.14. The Labute approximate surface area is 111 Å². The van der Waals surface area contributed by atoms with Gasteiger partial charge in [0.25, 0.3) is 0 Å². The molecule has 1 N–H and O–H groups in total. The Morgan fingerprint density at radius 1 is 1.28 bits per heavy atom. The maximum absolute atomic E-state index is 13.0. The maximum atomic E-state index is 13.0. The van der Waals surface area contributed by atoms with E-state index >= 15 is 0 Å². The number of rotatable bonds is 4. The molecule has 2 nitrogen and oxygen atoms in total. The summed E-state index contributed by atoms with van der Waals surface area (Å²) < 4.78 is 13.0. The highest BCUT2D eigenvalue weighted by molar-refractivity contribution is 6.29. The van der Waals surface area contributed by atoms with Gasteiger partial charge in [0.2, 0.25) is 0 Å². The Balaban J connectivity index is 1.98. The SMILES string of the molecule is CC(Cc1cccc(F)c1)Nc1cccc(Cl)n1. The number of hydrogen-bond acceptors (Lipinski definition) is 2. The Kier molecular flexibility index (Phi) is 4.15. The summed E-state index contributed by atoms with van der Waals surface area (Å²) in [5, 5.41) is 3.69. The van der Waals surface area contributed by atoms with Crippen LogP contribution in [-0.2, 0) is 6.42 Å². The molecule has 1 heterocycles. The van der Waals surface area contributed by atoms with Gasteiger partial charge in [-0.2, -0.15) is 0 Å². The molecule has 4 heteroatoms. The van der Waals surface area contributed by atoms with E-state index in [9.17, 15) is 4.39 Å². The Hall–Kier alpha value is -1.61. The van der Waals surface area contributed by atoms with Crippen LogP contribution in [0.2, 0.25) is 5.15 Å². The number of benzene rings is 1. The van der Waals surface area contributed by atoms with Gasteiger partial charge in [-0.15, -0.1) is 0 Å². The van der Waals surface area contributed by atoms with Crippen molar-refractivity contribution in [2.45, 2.75) is 19.4 Å². The smallest absolute Gasteiger partial charge is 0.131 e.